The summed E-state index contributed by atoms with van der Waals surface area (Å²) >= 11 is 0. The second-order valence-electron chi connectivity index (χ2n) is 5.81. The first-order valence-electron chi connectivity index (χ1n) is 7.31. The van der Waals surface area contributed by atoms with Gasteiger partial charge in [-0.1, -0.05) is 0 Å². The van der Waals surface area contributed by atoms with Crippen LogP contribution < -0.4 is 0 Å². The van der Waals surface area contributed by atoms with Crippen LogP contribution >= 0.6 is 0 Å². The van der Waals surface area contributed by atoms with Gasteiger partial charge in [0.15, 0.2) is 0 Å². The van der Waals surface area contributed by atoms with Crippen LogP contribution in [0.2, 0.25) is 0 Å². The molecule has 21 heavy (non-hydrogen) atoms. The summed E-state index contributed by atoms with van der Waals surface area (Å²) in [6.07, 6.45) is 5.29. The van der Waals surface area contributed by atoms with Gasteiger partial charge in [0.2, 0.25) is 0 Å². The molecule has 0 bridgehead atoms. The molecule has 1 N–H and O–H groups in total. The number of carboxylic acids is 1. The van der Waals surface area contributed by atoms with E-state index in [1.165, 1.54) is 11.3 Å². The van der Waals surface area contributed by atoms with Crippen LogP contribution in [-0.2, 0) is 4.79 Å². The van der Waals surface area contributed by atoms with Gasteiger partial charge < -0.3 is 19.5 Å². The summed E-state index contributed by atoms with van der Waals surface area (Å²) in [6, 6.07) is 4.03. The number of carboxylic acid groups (broad SMARTS) is 1. The van der Waals surface area contributed by atoms with Crippen molar-refractivity contribution in [2.24, 2.45) is 0 Å². The Balaban J connectivity index is 2.12. The number of rotatable bonds is 7. The minimum atomic E-state index is -0.983. The van der Waals surface area contributed by atoms with Crippen LogP contribution in [0.1, 0.15) is 35.8 Å². The van der Waals surface area contributed by atoms with E-state index in [2.05, 4.69) is 0 Å². The number of carbonyl (C=O) groups is 2. The molecule has 1 fully saturated rings. The van der Waals surface area contributed by atoms with E-state index in [-0.39, 0.29) is 12.5 Å². The van der Waals surface area contributed by atoms with Crippen LogP contribution in [-0.4, -0.2) is 65.1 Å². The lowest BCUT2D eigenvalue weighted by molar-refractivity contribution is -0.137. The Morgan fingerprint density at radius 1 is 1.33 bits per heavy atom. The van der Waals surface area contributed by atoms with Crippen molar-refractivity contribution in [2.45, 2.75) is 25.3 Å². The molecule has 116 valence electrons. The first-order chi connectivity index (χ1) is 9.99. The van der Waals surface area contributed by atoms with Crippen LogP contribution in [0.25, 0.3) is 0 Å². The third-order valence-corrected chi connectivity index (χ3v) is 3.90. The largest absolute Gasteiger partial charge is 0.480 e. The molecule has 6 nitrogen and oxygen atoms in total. The summed E-state index contributed by atoms with van der Waals surface area (Å²) in [4.78, 5) is 27.0. The smallest absolute Gasteiger partial charge is 0.323 e. The van der Waals surface area contributed by atoms with Gasteiger partial charge >= 0.3 is 5.97 Å². The Kier molecular flexibility index (Phi) is 5.01. The Labute approximate surface area is 124 Å². The zero-order chi connectivity index (χ0) is 15.4. The molecule has 1 aromatic rings. The summed E-state index contributed by atoms with van der Waals surface area (Å²) in [6.45, 7) is 0.791. The van der Waals surface area contributed by atoms with Crippen molar-refractivity contribution in [1.82, 2.24) is 14.4 Å². The Hall–Kier alpha value is -1.82. The molecule has 1 heterocycles. The lowest BCUT2D eigenvalue weighted by Crippen LogP contribution is -2.41. The Morgan fingerprint density at radius 3 is 2.57 bits per heavy atom. The second-order valence-corrected chi connectivity index (χ2v) is 5.81. The maximum absolute atomic E-state index is 12.6. The third kappa shape index (κ3) is 3.85. The maximum atomic E-state index is 12.6. The summed E-state index contributed by atoms with van der Waals surface area (Å²) in [5.74, 6) is -1.18. The second kappa shape index (κ2) is 6.76. The Bertz CT molecular complexity index is 506. The molecule has 6 heteroatoms. The highest BCUT2D eigenvalue weighted by Gasteiger charge is 2.26. The molecule has 1 aliphatic rings. The fourth-order valence-corrected chi connectivity index (χ4v) is 2.46. The van der Waals surface area contributed by atoms with Gasteiger partial charge in [-0.2, -0.15) is 0 Å². The van der Waals surface area contributed by atoms with E-state index >= 15 is 0 Å². The average Bonchev–Trinajstić information content (AvgIpc) is 2.79. The van der Waals surface area contributed by atoms with Gasteiger partial charge in [0.05, 0.1) is 0 Å². The Morgan fingerprint density at radius 2 is 2.05 bits per heavy atom. The van der Waals surface area contributed by atoms with Crippen LogP contribution in [0, 0.1) is 0 Å². The quantitative estimate of drug-likeness (QED) is 0.823. The summed E-state index contributed by atoms with van der Waals surface area (Å²) in [5.41, 5.74) is 0.597. The highest BCUT2D eigenvalue weighted by atomic mass is 16.4. The molecule has 0 atom stereocenters. The number of aromatic nitrogens is 1. The normalized spacial score (nSPS) is 15.0. The average molecular weight is 293 g/mol. The van der Waals surface area contributed by atoms with E-state index in [0.29, 0.717) is 24.8 Å². The fraction of sp³-hybridized carbons (Fsp3) is 0.600. The maximum Gasteiger partial charge on any atom is 0.323 e. The summed E-state index contributed by atoms with van der Waals surface area (Å²) < 4.78 is 2.00. The molecular weight excluding hydrogens is 270 g/mol. The van der Waals surface area contributed by atoms with Crippen LogP contribution in [0.4, 0.5) is 0 Å². The zero-order valence-electron chi connectivity index (χ0n) is 12.7. The molecule has 1 aliphatic carbocycles. The molecule has 0 spiro atoms. The number of aliphatic carboxylic acids is 1. The van der Waals surface area contributed by atoms with E-state index in [4.69, 9.17) is 5.11 Å². The van der Waals surface area contributed by atoms with Gasteiger partial charge in [0, 0.05) is 25.3 Å². The van der Waals surface area contributed by atoms with Crippen molar-refractivity contribution in [3.63, 3.8) is 0 Å². The molecular formula is C15H23N3O3. The number of likely N-dealkylation sites (N-methyl/N-ethyl adjacent to an activating group) is 1. The molecule has 1 aromatic heterocycles. The minimum Gasteiger partial charge on any atom is -0.480 e. The van der Waals surface area contributed by atoms with E-state index in [0.717, 1.165) is 12.8 Å². The fourth-order valence-electron chi connectivity index (χ4n) is 2.46. The molecule has 1 amide bonds. The zero-order valence-corrected chi connectivity index (χ0v) is 12.7. The third-order valence-electron chi connectivity index (χ3n) is 3.90. The highest BCUT2D eigenvalue weighted by Crippen LogP contribution is 2.32. The first kappa shape index (κ1) is 15.6. The molecule has 0 unspecified atom stereocenters. The van der Waals surface area contributed by atoms with Gasteiger partial charge in [-0.3, -0.25) is 9.59 Å². The minimum absolute atomic E-state index is 0.198. The van der Waals surface area contributed by atoms with Crippen LogP contribution in [0.3, 0.4) is 0 Å². The highest BCUT2D eigenvalue weighted by molar-refractivity contribution is 5.94. The number of carbonyl (C=O) groups excluding carboxylic acids is 1. The molecule has 0 saturated heterocycles. The van der Waals surface area contributed by atoms with Gasteiger partial charge in [-0.05, 0) is 45.5 Å². The number of amides is 1. The lowest BCUT2D eigenvalue weighted by Gasteiger charge is -2.30. The van der Waals surface area contributed by atoms with E-state index in [9.17, 15) is 9.59 Å². The van der Waals surface area contributed by atoms with Crippen molar-refractivity contribution in [2.75, 3.05) is 33.7 Å². The van der Waals surface area contributed by atoms with Crippen molar-refractivity contribution in [3.05, 3.63) is 24.0 Å². The van der Waals surface area contributed by atoms with Crippen molar-refractivity contribution in [1.29, 1.82) is 0 Å². The molecule has 0 aliphatic heterocycles. The molecule has 2 rings (SSSR count). The predicted octanol–water partition coefficient (Wildman–Crippen LogP) is 1.30. The van der Waals surface area contributed by atoms with Gasteiger partial charge in [-0.15, -0.1) is 0 Å². The van der Waals surface area contributed by atoms with E-state index in [1.807, 2.05) is 35.8 Å². The van der Waals surface area contributed by atoms with Crippen molar-refractivity contribution < 1.29 is 14.7 Å². The first-order valence-corrected chi connectivity index (χ1v) is 7.31. The van der Waals surface area contributed by atoms with E-state index < -0.39 is 5.97 Å². The van der Waals surface area contributed by atoms with Crippen LogP contribution in [0.15, 0.2) is 18.3 Å². The number of nitrogens with zero attached hydrogens (tertiary/aromatic N) is 3. The molecule has 0 aromatic carbocycles. The lowest BCUT2D eigenvalue weighted by atomic mass is 9.93. The predicted molar refractivity (Wildman–Crippen MR) is 79.4 cm³/mol. The van der Waals surface area contributed by atoms with Gasteiger partial charge in [0.25, 0.3) is 5.91 Å². The molecule has 1 saturated carbocycles. The van der Waals surface area contributed by atoms with Crippen molar-refractivity contribution in [3.8, 4) is 0 Å². The van der Waals surface area contributed by atoms with Crippen LogP contribution in [0.5, 0.6) is 0 Å². The monoisotopic (exact) mass is 293 g/mol. The number of hydrogen-bond acceptors (Lipinski definition) is 3. The molecule has 0 radical (unpaired) electrons. The standard InChI is InChI=1S/C15H23N3O3/c1-16(2)9-10-17(11-14(19)20)15(21)13-7-4-8-18(13)12-5-3-6-12/h4,7-8,12H,3,5-6,9-11H2,1-2H3,(H,19,20). The SMILES string of the molecule is CN(C)CCN(CC(=O)O)C(=O)c1cccn1C1CCC1. The van der Waals surface area contributed by atoms with E-state index in [1.54, 1.807) is 6.07 Å². The topological polar surface area (TPSA) is 65.8 Å². The number of hydrogen-bond donors (Lipinski definition) is 1. The van der Waals surface area contributed by atoms with Gasteiger partial charge in [-0.25, -0.2) is 0 Å². The van der Waals surface area contributed by atoms with Gasteiger partial charge in [0.1, 0.15) is 12.2 Å². The summed E-state index contributed by atoms with van der Waals surface area (Å²) in [7, 11) is 3.81. The summed E-state index contributed by atoms with van der Waals surface area (Å²) in [5, 5.41) is 9.02. The van der Waals surface area contributed by atoms with Crippen molar-refractivity contribution >= 4 is 11.9 Å².